The molecule has 1 heterocycles. The third-order valence-corrected chi connectivity index (χ3v) is 6.42. The first-order valence-corrected chi connectivity index (χ1v) is 14.4. The number of allylic oxidation sites excluding steroid dienone is 4. The quantitative estimate of drug-likeness (QED) is 0.0916. The number of carbonyl (C=O) groups excluding carboxylic acids is 1. The zero-order valence-electron chi connectivity index (χ0n) is 23.4. The second kappa shape index (κ2) is 22.5. The second-order valence-electron chi connectivity index (χ2n) is 9.92. The first-order valence-electron chi connectivity index (χ1n) is 14.4. The van der Waals surface area contributed by atoms with Gasteiger partial charge in [-0.2, -0.15) is 0 Å². The summed E-state index contributed by atoms with van der Waals surface area (Å²) >= 11 is 0. The first kappa shape index (κ1) is 34.7. The van der Waals surface area contributed by atoms with Gasteiger partial charge < -0.3 is 39.4 Å². The van der Waals surface area contributed by atoms with E-state index in [0.29, 0.717) is 6.61 Å². The Bertz CT molecular complexity index is 638. The van der Waals surface area contributed by atoms with E-state index < -0.39 is 49.4 Å². The maximum Gasteiger partial charge on any atom is 0.303 e. The Balaban J connectivity index is 2.10. The molecule has 1 saturated heterocycles. The first-order chi connectivity index (χ1) is 18.4. The van der Waals surface area contributed by atoms with E-state index in [1.807, 2.05) is 0 Å². The van der Waals surface area contributed by atoms with Gasteiger partial charge in [0.2, 0.25) is 0 Å². The molecule has 0 aromatic rings. The van der Waals surface area contributed by atoms with Crippen molar-refractivity contribution in [3.8, 4) is 0 Å². The van der Waals surface area contributed by atoms with E-state index in [2.05, 4.69) is 31.2 Å². The fourth-order valence-electron chi connectivity index (χ4n) is 4.17. The SMILES string of the molecule is CCCCC/C=C\C/C=C\CCCCCCCCOCC(COC1OC(CO)C(O)C(O)C1O)OC(C)=O. The van der Waals surface area contributed by atoms with Gasteiger partial charge in [0, 0.05) is 13.5 Å². The molecule has 0 amide bonds. The van der Waals surface area contributed by atoms with Gasteiger partial charge in [-0.15, -0.1) is 0 Å². The Hall–Kier alpha value is -1.33. The average molecular weight is 545 g/mol. The molecule has 1 fully saturated rings. The summed E-state index contributed by atoms with van der Waals surface area (Å²) in [4.78, 5) is 11.4. The van der Waals surface area contributed by atoms with Gasteiger partial charge in [0.05, 0.1) is 19.8 Å². The summed E-state index contributed by atoms with van der Waals surface area (Å²) in [6, 6.07) is 0. The molecule has 9 nitrogen and oxygen atoms in total. The van der Waals surface area contributed by atoms with Crippen LogP contribution in [0, 0.1) is 0 Å². The maximum absolute atomic E-state index is 11.4. The Morgan fingerprint density at radius 2 is 1.47 bits per heavy atom. The summed E-state index contributed by atoms with van der Waals surface area (Å²) < 4.78 is 21.7. The van der Waals surface area contributed by atoms with Crippen LogP contribution in [0.4, 0.5) is 0 Å². The summed E-state index contributed by atoms with van der Waals surface area (Å²) in [7, 11) is 0. The van der Waals surface area contributed by atoms with Crippen LogP contribution in [0.25, 0.3) is 0 Å². The van der Waals surface area contributed by atoms with Crippen LogP contribution in [0.15, 0.2) is 24.3 Å². The molecule has 1 aliphatic rings. The molecular formula is C29H52O9. The van der Waals surface area contributed by atoms with Crippen molar-refractivity contribution in [3.05, 3.63) is 24.3 Å². The van der Waals surface area contributed by atoms with Gasteiger partial charge in [-0.3, -0.25) is 4.79 Å². The lowest BCUT2D eigenvalue weighted by molar-refractivity contribution is -0.305. The van der Waals surface area contributed by atoms with Crippen LogP contribution in [0.3, 0.4) is 0 Å². The minimum atomic E-state index is -1.53. The molecule has 0 aliphatic carbocycles. The predicted molar refractivity (Wildman–Crippen MR) is 145 cm³/mol. The number of aliphatic hydroxyl groups excluding tert-OH is 4. The minimum absolute atomic E-state index is 0.122. The number of hydrogen-bond acceptors (Lipinski definition) is 9. The average Bonchev–Trinajstić information content (AvgIpc) is 2.90. The highest BCUT2D eigenvalue weighted by Crippen LogP contribution is 2.22. The van der Waals surface area contributed by atoms with Crippen molar-refractivity contribution in [2.24, 2.45) is 0 Å². The van der Waals surface area contributed by atoms with Crippen molar-refractivity contribution >= 4 is 5.97 Å². The molecule has 6 unspecified atom stereocenters. The molecule has 0 radical (unpaired) electrons. The van der Waals surface area contributed by atoms with Crippen molar-refractivity contribution in [1.82, 2.24) is 0 Å². The normalized spacial score (nSPS) is 24.8. The van der Waals surface area contributed by atoms with Crippen LogP contribution in [0.5, 0.6) is 0 Å². The van der Waals surface area contributed by atoms with Crippen LogP contribution >= 0.6 is 0 Å². The predicted octanol–water partition coefficient (Wildman–Crippen LogP) is 3.56. The van der Waals surface area contributed by atoms with E-state index in [1.165, 1.54) is 51.9 Å². The number of carbonyl (C=O) groups is 1. The monoisotopic (exact) mass is 544 g/mol. The van der Waals surface area contributed by atoms with Crippen LogP contribution in [0.2, 0.25) is 0 Å². The lowest BCUT2D eigenvalue weighted by atomic mass is 9.99. The third-order valence-electron chi connectivity index (χ3n) is 6.42. The fourth-order valence-corrected chi connectivity index (χ4v) is 4.17. The molecule has 0 saturated carbocycles. The van der Waals surface area contributed by atoms with Gasteiger partial charge in [0.25, 0.3) is 0 Å². The molecule has 0 aromatic carbocycles. The van der Waals surface area contributed by atoms with Crippen LogP contribution in [0.1, 0.15) is 90.9 Å². The highest BCUT2D eigenvalue weighted by Gasteiger charge is 2.44. The number of unbranched alkanes of at least 4 members (excludes halogenated alkanes) is 9. The lowest BCUT2D eigenvalue weighted by Crippen LogP contribution is -2.59. The van der Waals surface area contributed by atoms with Gasteiger partial charge >= 0.3 is 5.97 Å². The van der Waals surface area contributed by atoms with Gasteiger partial charge in [0.15, 0.2) is 6.29 Å². The fraction of sp³-hybridized carbons (Fsp3) is 0.828. The molecule has 1 aliphatic heterocycles. The summed E-state index contributed by atoms with van der Waals surface area (Å²) in [5, 5.41) is 39.1. The number of aliphatic hydroxyl groups is 4. The largest absolute Gasteiger partial charge is 0.458 e. The Kier molecular flexibility index (Phi) is 20.5. The standard InChI is InChI=1S/C29H52O9/c1-3-4-5-6-7-8-9-10-11-12-13-14-15-16-17-18-19-35-21-24(37-23(2)31)22-36-29-28(34)27(33)26(32)25(20-30)38-29/h7-8,10-11,24-30,32-34H,3-6,9,12-22H2,1-2H3/b8-7-,11-10-. The third kappa shape index (κ3) is 15.9. The number of rotatable bonds is 22. The van der Waals surface area contributed by atoms with Crippen molar-refractivity contribution in [2.45, 2.75) is 128 Å². The van der Waals surface area contributed by atoms with E-state index in [1.54, 1.807) is 0 Å². The van der Waals surface area contributed by atoms with Crippen LogP contribution in [-0.2, 0) is 23.7 Å². The van der Waals surface area contributed by atoms with Gasteiger partial charge in [-0.1, -0.05) is 69.8 Å². The Labute approximate surface area is 228 Å². The lowest BCUT2D eigenvalue weighted by Gasteiger charge is -2.39. The van der Waals surface area contributed by atoms with Crippen LogP contribution < -0.4 is 0 Å². The number of ether oxygens (including phenoxy) is 4. The van der Waals surface area contributed by atoms with Crippen molar-refractivity contribution in [3.63, 3.8) is 0 Å². The molecule has 38 heavy (non-hydrogen) atoms. The summed E-state index contributed by atoms with van der Waals surface area (Å²) in [5.74, 6) is -0.496. The summed E-state index contributed by atoms with van der Waals surface area (Å²) in [6.45, 7) is 3.49. The van der Waals surface area contributed by atoms with Crippen molar-refractivity contribution < 1.29 is 44.2 Å². The topological polar surface area (TPSA) is 135 Å². The molecule has 222 valence electrons. The molecule has 1 rings (SSSR count). The van der Waals surface area contributed by atoms with E-state index in [-0.39, 0.29) is 13.2 Å². The van der Waals surface area contributed by atoms with Crippen LogP contribution in [-0.4, -0.2) is 89.6 Å². The van der Waals surface area contributed by atoms with E-state index in [0.717, 1.165) is 32.1 Å². The molecule has 0 spiro atoms. The van der Waals surface area contributed by atoms with Gasteiger partial charge in [-0.05, 0) is 38.5 Å². The second-order valence-corrected chi connectivity index (χ2v) is 9.92. The molecular weight excluding hydrogens is 492 g/mol. The molecule has 0 bridgehead atoms. The number of hydrogen-bond donors (Lipinski definition) is 4. The maximum atomic E-state index is 11.4. The molecule has 4 N–H and O–H groups in total. The van der Waals surface area contributed by atoms with Gasteiger partial charge in [0.1, 0.15) is 30.5 Å². The number of esters is 1. The Morgan fingerprint density at radius 1 is 0.842 bits per heavy atom. The van der Waals surface area contributed by atoms with Crippen molar-refractivity contribution in [2.75, 3.05) is 26.4 Å². The zero-order valence-corrected chi connectivity index (χ0v) is 23.4. The summed E-state index contributed by atoms with van der Waals surface area (Å²) in [5.41, 5.74) is 0. The van der Waals surface area contributed by atoms with Crippen molar-refractivity contribution in [1.29, 1.82) is 0 Å². The van der Waals surface area contributed by atoms with Gasteiger partial charge in [-0.25, -0.2) is 0 Å². The zero-order chi connectivity index (χ0) is 28.0. The molecule has 6 atom stereocenters. The molecule has 0 aromatic heterocycles. The Morgan fingerprint density at radius 3 is 2.11 bits per heavy atom. The highest BCUT2D eigenvalue weighted by molar-refractivity contribution is 5.66. The minimum Gasteiger partial charge on any atom is -0.458 e. The van der Waals surface area contributed by atoms with E-state index in [4.69, 9.17) is 18.9 Å². The summed E-state index contributed by atoms with van der Waals surface area (Å²) in [6.07, 6.45) is 15.5. The smallest absolute Gasteiger partial charge is 0.303 e. The van der Waals surface area contributed by atoms with E-state index in [9.17, 15) is 25.2 Å². The highest BCUT2D eigenvalue weighted by atomic mass is 16.7. The molecule has 9 heteroatoms. The van der Waals surface area contributed by atoms with E-state index >= 15 is 0 Å².